The molecule has 1 N–H and O–H groups in total. The number of pyridine rings is 1. The lowest BCUT2D eigenvalue weighted by Crippen LogP contribution is -2.38. The fourth-order valence-corrected chi connectivity index (χ4v) is 6.04. The van der Waals surface area contributed by atoms with E-state index in [1.165, 1.54) is 5.57 Å². The Bertz CT molecular complexity index is 1690. The molecule has 2 fully saturated rings. The monoisotopic (exact) mass is 629 g/mol. The van der Waals surface area contributed by atoms with E-state index in [-0.39, 0.29) is 11.5 Å². The predicted octanol–water partition coefficient (Wildman–Crippen LogP) is 7.42. The molecule has 236 valence electrons. The van der Waals surface area contributed by atoms with Crippen LogP contribution in [-0.2, 0) is 16.5 Å². The van der Waals surface area contributed by atoms with Crippen molar-refractivity contribution in [1.82, 2.24) is 24.8 Å². The number of carbonyl (C=O) groups excluding carboxylic acids is 2. The van der Waals surface area contributed by atoms with Crippen molar-refractivity contribution in [2.24, 2.45) is 12.5 Å². The van der Waals surface area contributed by atoms with E-state index in [0.717, 1.165) is 52.1 Å². The third kappa shape index (κ3) is 6.78. The van der Waals surface area contributed by atoms with Gasteiger partial charge in [-0.1, -0.05) is 50.1 Å². The molecule has 2 aliphatic carbocycles. The Morgan fingerprint density at radius 1 is 1.13 bits per heavy atom. The highest BCUT2D eigenvalue weighted by molar-refractivity contribution is 6.31. The van der Waals surface area contributed by atoms with Crippen molar-refractivity contribution in [2.45, 2.75) is 65.0 Å². The third-order valence-corrected chi connectivity index (χ3v) is 8.81. The summed E-state index contributed by atoms with van der Waals surface area (Å²) in [5.74, 6) is 0. The summed E-state index contributed by atoms with van der Waals surface area (Å²) in [5, 5.41) is 3.73. The van der Waals surface area contributed by atoms with Crippen molar-refractivity contribution in [3.63, 3.8) is 0 Å². The van der Waals surface area contributed by atoms with Gasteiger partial charge in [0.25, 0.3) is 0 Å². The number of nitrogens with zero attached hydrogens (tertiary/aromatic N) is 4. The number of alkyl carbamates (subject to hydrolysis) is 1. The molecule has 9 nitrogen and oxygen atoms in total. The number of imidazole rings is 1. The van der Waals surface area contributed by atoms with Crippen LogP contribution in [0.5, 0.6) is 0 Å². The second-order valence-corrected chi connectivity index (χ2v) is 14.1. The summed E-state index contributed by atoms with van der Waals surface area (Å²) < 4.78 is 13.3. The highest BCUT2D eigenvalue weighted by Crippen LogP contribution is 2.45. The molecule has 1 aliphatic heterocycles. The number of halogens is 1. The van der Waals surface area contributed by atoms with Crippen molar-refractivity contribution < 1.29 is 19.1 Å². The summed E-state index contributed by atoms with van der Waals surface area (Å²) >= 11 is 6.67. The number of piperidine rings is 1. The molecule has 10 heteroatoms. The number of ether oxygens (including phenoxy) is 2. The molecule has 0 spiro atoms. The zero-order valence-electron chi connectivity index (χ0n) is 26.5. The molecule has 1 aromatic carbocycles. The van der Waals surface area contributed by atoms with Crippen LogP contribution in [0.4, 0.5) is 9.59 Å². The highest BCUT2D eigenvalue weighted by atomic mass is 35.5. The Morgan fingerprint density at radius 2 is 1.89 bits per heavy atom. The van der Waals surface area contributed by atoms with Gasteiger partial charge in [-0.2, -0.15) is 0 Å². The summed E-state index contributed by atoms with van der Waals surface area (Å²) in [6, 6.07) is 9.25. The van der Waals surface area contributed by atoms with E-state index in [9.17, 15) is 9.59 Å². The molecule has 1 unspecified atom stereocenters. The first-order chi connectivity index (χ1) is 21.4. The second kappa shape index (κ2) is 12.0. The number of nitrogens with one attached hydrogen (secondary N) is 1. The molecule has 0 radical (unpaired) electrons. The number of hydrogen-bond donors (Lipinski definition) is 1. The van der Waals surface area contributed by atoms with E-state index >= 15 is 0 Å². The summed E-state index contributed by atoms with van der Waals surface area (Å²) in [4.78, 5) is 37.2. The third-order valence-electron chi connectivity index (χ3n) is 8.57. The quantitative estimate of drug-likeness (QED) is 0.315. The van der Waals surface area contributed by atoms with Crippen molar-refractivity contribution in [3.05, 3.63) is 87.7 Å². The number of fused-ring (bicyclic) bond motifs is 2. The maximum absolute atomic E-state index is 13.3. The summed E-state index contributed by atoms with van der Waals surface area (Å²) in [6.07, 6.45) is 9.67. The van der Waals surface area contributed by atoms with E-state index in [1.54, 1.807) is 23.6 Å². The van der Waals surface area contributed by atoms with Crippen molar-refractivity contribution in [1.29, 1.82) is 0 Å². The van der Waals surface area contributed by atoms with Gasteiger partial charge in [0.05, 0.1) is 30.5 Å². The first kappa shape index (κ1) is 30.9. The molecular formula is C35H40ClN5O4. The molecule has 6 rings (SSSR count). The molecule has 1 saturated carbocycles. The summed E-state index contributed by atoms with van der Waals surface area (Å²) in [7, 11) is 1.91. The van der Waals surface area contributed by atoms with Crippen LogP contribution in [0.1, 0.15) is 87.5 Å². The predicted molar refractivity (Wildman–Crippen MR) is 174 cm³/mol. The topological polar surface area (TPSA) is 98.6 Å². The fourth-order valence-electron chi connectivity index (χ4n) is 5.87. The number of likely N-dealkylation sites (tertiary alicyclic amines) is 1. The number of rotatable bonds is 5. The van der Waals surface area contributed by atoms with Crippen molar-refractivity contribution in [3.8, 4) is 0 Å². The van der Waals surface area contributed by atoms with E-state index in [2.05, 4.69) is 16.4 Å². The van der Waals surface area contributed by atoms with Gasteiger partial charge >= 0.3 is 12.2 Å². The first-order valence-electron chi connectivity index (χ1n) is 15.5. The average Bonchev–Trinajstić information content (AvgIpc) is 3.60. The van der Waals surface area contributed by atoms with Gasteiger partial charge in [-0.15, -0.1) is 0 Å². The molecule has 0 bridgehead atoms. The van der Waals surface area contributed by atoms with Crippen LogP contribution in [0.25, 0.3) is 17.2 Å². The Morgan fingerprint density at radius 3 is 2.56 bits per heavy atom. The van der Waals surface area contributed by atoms with Crippen LogP contribution in [0.3, 0.4) is 0 Å². The fraction of sp³-hybridized carbons (Fsp3) is 0.429. The van der Waals surface area contributed by atoms with Crippen LogP contribution in [-0.4, -0.2) is 56.9 Å². The minimum atomic E-state index is -0.582. The molecule has 3 heterocycles. The maximum Gasteiger partial charge on any atom is 0.409 e. The Labute approximate surface area is 269 Å². The zero-order valence-corrected chi connectivity index (χ0v) is 27.3. The first-order valence-corrected chi connectivity index (χ1v) is 15.9. The molecule has 2 amide bonds. The SMILES string of the molecule is Cn1cncc1C(NC(=O)OC1(C)CC1)C1=Cc2cccnc2C(=C2CCN(C(=O)OCC(C)(C)C)CC2)c2ccc(Cl)cc21. The second-order valence-electron chi connectivity index (χ2n) is 13.7. The van der Waals surface area contributed by atoms with Gasteiger partial charge in [-0.05, 0) is 79.0 Å². The van der Waals surface area contributed by atoms with Gasteiger partial charge in [0.2, 0.25) is 0 Å². The van der Waals surface area contributed by atoms with Crippen molar-refractivity contribution in [2.75, 3.05) is 19.7 Å². The number of hydrogen-bond acceptors (Lipinski definition) is 6. The number of amides is 2. The van der Waals surface area contributed by atoms with Crippen molar-refractivity contribution >= 4 is 41.0 Å². The Kier molecular flexibility index (Phi) is 8.24. The lowest BCUT2D eigenvalue weighted by molar-refractivity contribution is 0.0703. The van der Waals surface area contributed by atoms with Crippen LogP contribution >= 0.6 is 11.6 Å². The highest BCUT2D eigenvalue weighted by Gasteiger charge is 2.42. The molecule has 3 aliphatic rings. The average molecular weight is 630 g/mol. The minimum Gasteiger partial charge on any atom is -0.449 e. The van der Waals surface area contributed by atoms with Gasteiger partial charge < -0.3 is 24.3 Å². The molecule has 2 aromatic heterocycles. The van der Waals surface area contributed by atoms with Crippen LogP contribution < -0.4 is 5.32 Å². The number of carbonyl (C=O) groups is 2. The summed E-state index contributed by atoms with van der Waals surface area (Å²) in [5.41, 5.74) is 6.99. The van der Waals surface area contributed by atoms with Crippen LogP contribution in [0, 0.1) is 5.41 Å². The zero-order chi connectivity index (χ0) is 31.9. The lowest BCUT2D eigenvalue weighted by atomic mass is 9.86. The summed E-state index contributed by atoms with van der Waals surface area (Å²) in [6.45, 7) is 9.56. The van der Waals surface area contributed by atoms with E-state index in [1.807, 2.05) is 69.6 Å². The molecule has 1 saturated heterocycles. The van der Waals surface area contributed by atoms with E-state index in [4.69, 9.17) is 26.1 Å². The van der Waals surface area contributed by atoms with Gasteiger partial charge in [0, 0.05) is 42.5 Å². The van der Waals surface area contributed by atoms with Gasteiger partial charge in [-0.3, -0.25) is 4.98 Å². The van der Waals surface area contributed by atoms with Gasteiger partial charge in [0.1, 0.15) is 11.6 Å². The van der Waals surface area contributed by atoms with Gasteiger partial charge in [-0.25, -0.2) is 14.6 Å². The molecule has 45 heavy (non-hydrogen) atoms. The minimum absolute atomic E-state index is 0.0984. The van der Waals surface area contributed by atoms with Gasteiger partial charge in [0.15, 0.2) is 0 Å². The molecule has 1 atom stereocenters. The van der Waals surface area contributed by atoms with Crippen LogP contribution in [0.15, 0.2) is 54.6 Å². The van der Waals surface area contributed by atoms with Crippen LogP contribution in [0.2, 0.25) is 5.02 Å². The largest absolute Gasteiger partial charge is 0.449 e. The Balaban J connectivity index is 1.42. The smallest absolute Gasteiger partial charge is 0.409 e. The van der Waals surface area contributed by atoms with E-state index < -0.39 is 17.7 Å². The lowest BCUT2D eigenvalue weighted by Gasteiger charge is -2.31. The molecule has 3 aromatic rings. The Hall–Kier alpha value is -4.11. The number of benzene rings is 1. The maximum atomic E-state index is 13.3. The number of aryl methyl sites for hydroxylation is 1. The normalized spacial score (nSPS) is 17.8. The standard InChI is InChI=1S/C35H40ClN5O4/c1-34(2,3)20-44-33(43)41-15-10-22(11-16-41)29-25-9-8-24(36)18-26(25)27(17-23-7-6-14-38-30(23)29)31(28-19-37-21-40(28)5)39-32(42)45-35(4)12-13-35/h6-9,14,17-19,21,31H,10-13,15-16,20H2,1-5H3,(H,39,42). The number of aromatic nitrogens is 3. The van der Waals surface area contributed by atoms with E-state index in [0.29, 0.717) is 37.6 Å². The molecular weight excluding hydrogens is 590 g/mol.